The third kappa shape index (κ3) is 4.14. The Balaban J connectivity index is 1.53. The summed E-state index contributed by atoms with van der Waals surface area (Å²) >= 11 is 0. The number of fused-ring (bicyclic) bond motifs is 1. The molecule has 1 fully saturated rings. The van der Waals surface area contributed by atoms with Crippen LogP contribution in [0.15, 0.2) is 41.6 Å². The summed E-state index contributed by atoms with van der Waals surface area (Å²) in [4.78, 5) is 31.6. The van der Waals surface area contributed by atoms with Crippen LogP contribution in [0.4, 0.5) is 11.5 Å². The van der Waals surface area contributed by atoms with Gasteiger partial charge in [0.05, 0.1) is 7.11 Å². The van der Waals surface area contributed by atoms with Crippen molar-refractivity contribution in [3.8, 4) is 5.75 Å². The topological polar surface area (TPSA) is 93.8 Å². The molecule has 0 bridgehead atoms. The molecule has 0 aliphatic carbocycles. The lowest BCUT2D eigenvalue weighted by Gasteiger charge is -2.37. The zero-order valence-corrected chi connectivity index (χ0v) is 17.5. The lowest BCUT2D eigenvalue weighted by Crippen LogP contribution is -2.39. The van der Waals surface area contributed by atoms with Gasteiger partial charge in [-0.25, -0.2) is 9.67 Å². The van der Waals surface area contributed by atoms with Gasteiger partial charge in [-0.15, -0.1) is 0 Å². The zero-order valence-electron chi connectivity index (χ0n) is 17.5. The molecular formula is C21H26N6O3. The third-order valence-corrected chi connectivity index (χ3v) is 5.56. The Morgan fingerprint density at radius 2 is 2.00 bits per heavy atom. The summed E-state index contributed by atoms with van der Waals surface area (Å²) in [5.74, 6) is 0.476. The molecule has 1 N–H and O–H groups in total. The molecule has 1 aliphatic rings. The van der Waals surface area contributed by atoms with Crippen LogP contribution < -0.4 is 20.5 Å². The third-order valence-electron chi connectivity index (χ3n) is 5.56. The van der Waals surface area contributed by atoms with E-state index in [0.717, 1.165) is 36.3 Å². The van der Waals surface area contributed by atoms with Crippen molar-refractivity contribution in [1.82, 2.24) is 19.2 Å². The van der Waals surface area contributed by atoms with Crippen molar-refractivity contribution < 1.29 is 9.53 Å². The van der Waals surface area contributed by atoms with Crippen LogP contribution in [0.5, 0.6) is 5.75 Å². The van der Waals surface area contributed by atoms with E-state index in [0.29, 0.717) is 16.9 Å². The highest BCUT2D eigenvalue weighted by Crippen LogP contribution is 2.31. The SMILES string of the molecule is COc1cc(N2CCC(C)(C)CC2)nn(CC(=O)Nc2ccn3ccnc3c2)c1=O. The van der Waals surface area contributed by atoms with Crippen LogP contribution >= 0.6 is 0 Å². The van der Waals surface area contributed by atoms with E-state index in [-0.39, 0.29) is 18.2 Å². The Kier molecular flexibility index (Phi) is 5.19. The zero-order chi connectivity index (χ0) is 21.3. The number of aromatic nitrogens is 4. The monoisotopic (exact) mass is 410 g/mol. The van der Waals surface area contributed by atoms with Gasteiger partial charge in [-0.05, 0) is 24.3 Å². The van der Waals surface area contributed by atoms with E-state index in [4.69, 9.17) is 4.74 Å². The Morgan fingerprint density at radius 3 is 2.73 bits per heavy atom. The number of carbonyl (C=O) groups is 1. The molecule has 4 rings (SSSR count). The van der Waals surface area contributed by atoms with Gasteiger partial charge in [0.2, 0.25) is 5.91 Å². The molecule has 9 nitrogen and oxygen atoms in total. The van der Waals surface area contributed by atoms with Crippen LogP contribution in [0.3, 0.4) is 0 Å². The van der Waals surface area contributed by atoms with Crippen molar-refractivity contribution in [2.45, 2.75) is 33.2 Å². The van der Waals surface area contributed by atoms with Gasteiger partial charge in [-0.1, -0.05) is 13.8 Å². The molecule has 1 saturated heterocycles. The van der Waals surface area contributed by atoms with E-state index in [1.165, 1.54) is 7.11 Å². The maximum atomic E-state index is 12.6. The van der Waals surface area contributed by atoms with Crippen LogP contribution in [-0.4, -0.2) is 45.3 Å². The molecule has 0 saturated carbocycles. The van der Waals surface area contributed by atoms with Gasteiger partial charge in [0.1, 0.15) is 12.2 Å². The summed E-state index contributed by atoms with van der Waals surface area (Å²) in [6, 6.07) is 5.19. The first-order chi connectivity index (χ1) is 14.3. The number of ether oxygens (including phenoxy) is 1. The van der Waals surface area contributed by atoms with Crippen molar-refractivity contribution in [3.63, 3.8) is 0 Å². The first-order valence-electron chi connectivity index (χ1n) is 9.98. The number of rotatable bonds is 5. The molecule has 0 spiro atoms. The van der Waals surface area contributed by atoms with Gasteiger partial charge in [0.15, 0.2) is 11.6 Å². The number of hydrogen-bond donors (Lipinski definition) is 1. The second-order valence-corrected chi connectivity index (χ2v) is 8.34. The first kappa shape index (κ1) is 19.9. The average Bonchev–Trinajstić information content (AvgIpc) is 3.17. The van der Waals surface area contributed by atoms with Gasteiger partial charge in [-0.2, -0.15) is 5.10 Å². The fourth-order valence-electron chi connectivity index (χ4n) is 3.58. The van der Waals surface area contributed by atoms with Gasteiger partial charge in [-0.3, -0.25) is 9.59 Å². The number of nitrogens with one attached hydrogen (secondary N) is 1. The number of imidazole rings is 1. The minimum Gasteiger partial charge on any atom is -0.491 e. The van der Waals surface area contributed by atoms with Crippen LogP contribution in [0.1, 0.15) is 26.7 Å². The van der Waals surface area contributed by atoms with Gasteiger partial charge in [0, 0.05) is 49.5 Å². The van der Waals surface area contributed by atoms with E-state index < -0.39 is 5.56 Å². The second-order valence-electron chi connectivity index (χ2n) is 8.34. The van der Waals surface area contributed by atoms with Crippen molar-refractivity contribution in [1.29, 1.82) is 0 Å². The van der Waals surface area contributed by atoms with Crippen LogP contribution in [-0.2, 0) is 11.3 Å². The summed E-state index contributed by atoms with van der Waals surface area (Å²) in [6.45, 7) is 5.99. The molecule has 4 heterocycles. The number of methoxy groups -OCH3 is 1. The molecule has 1 amide bonds. The number of amides is 1. The minimum atomic E-state index is -0.433. The van der Waals surface area contributed by atoms with Crippen LogP contribution in [0.2, 0.25) is 0 Å². The summed E-state index contributed by atoms with van der Waals surface area (Å²) < 4.78 is 8.26. The Labute approximate surface area is 174 Å². The molecule has 0 unspecified atom stereocenters. The lowest BCUT2D eigenvalue weighted by molar-refractivity contribution is -0.117. The number of pyridine rings is 1. The smallest absolute Gasteiger partial charge is 0.309 e. The Bertz CT molecular complexity index is 1120. The van der Waals surface area contributed by atoms with Crippen molar-refractivity contribution in [2.75, 3.05) is 30.4 Å². The highest BCUT2D eigenvalue weighted by atomic mass is 16.5. The number of hydrogen-bond acceptors (Lipinski definition) is 6. The minimum absolute atomic E-state index is 0.177. The lowest BCUT2D eigenvalue weighted by atomic mass is 9.83. The fraction of sp³-hybridized carbons (Fsp3) is 0.429. The summed E-state index contributed by atoms with van der Waals surface area (Å²) in [7, 11) is 1.45. The molecule has 3 aromatic heterocycles. The number of piperidine rings is 1. The number of carbonyl (C=O) groups excluding carboxylic acids is 1. The van der Waals surface area contributed by atoms with E-state index >= 15 is 0 Å². The van der Waals surface area contributed by atoms with E-state index in [1.54, 1.807) is 24.4 Å². The van der Waals surface area contributed by atoms with Gasteiger partial charge < -0.3 is 19.4 Å². The largest absolute Gasteiger partial charge is 0.491 e. The summed E-state index contributed by atoms with van der Waals surface area (Å²) in [5, 5.41) is 7.25. The average molecular weight is 410 g/mol. The molecule has 0 radical (unpaired) electrons. The molecule has 0 atom stereocenters. The highest BCUT2D eigenvalue weighted by molar-refractivity contribution is 5.91. The molecule has 3 aromatic rings. The maximum absolute atomic E-state index is 12.6. The molecule has 0 aromatic carbocycles. The quantitative estimate of drug-likeness (QED) is 0.693. The summed E-state index contributed by atoms with van der Waals surface area (Å²) in [5.41, 5.74) is 1.19. The van der Waals surface area contributed by atoms with Crippen molar-refractivity contribution in [3.05, 3.63) is 47.1 Å². The van der Waals surface area contributed by atoms with Gasteiger partial charge in [0.25, 0.3) is 0 Å². The van der Waals surface area contributed by atoms with E-state index in [9.17, 15) is 9.59 Å². The predicted octanol–water partition coefficient (Wildman–Crippen LogP) is 2.16. The van der Waals surface area contributed by atoms with Crippen molar-refractivity contribution in [2.24, 2.45) is 5.41 Å². The molecular weight excluding hydrogens is 384 g/mol. The standard InChI is InChI=1S/C21H26N6O3/c1-21(2)5-9-26(10-6-21)18-13-16(30-3)20(29)27(24-18)14-19(28)23-15-4-8-25-11-7-22-17(25)12-15/h4,7-8,11-13H,5-6,9-10,14H2,1-3H3,(H,23,28). The van der Waals surface area contributed by atoms with E-state index in [1.807, 2.05) is 16.8 Å². The van der Waals surface area contributed by atoms with E-state index in [2.05, 4.69) is 34.1 Å². The molecule has 30 heavy (non-hydrogen) atoms. The normalized spacial score (nSPS) is 15.9. The van der Waals surface area contributed by atoms with Crippen molar-refractivity contribution >= 4 is 23.1 Å². The Morgan fingerprint density at radius 1 is 1.23 bits per heavy atom. The number of nitrogens with zero attached hydrogens (tertiary/aromatic N) is 5. The first-order valence-corrected chi connectivity index (χ1v) is 9.98. The van der Waals surface area contributed by atoms with Gasteiger partial charge >= 0.3 is 5.56 Å². The van der Waals surface area contributed by atoms with Crippen LogP contribution in [0, 0.1) is 5.41 Å². The predicted molar refractivity (Wildman–Crippen MR) is 114 cm³/mol. The highest BCUT2D eigenvalue weighted by Gasteiger charge is 2.27. The second kappa shape index (κ2) is 7.81. The maximum Gasteiger partial charge on any atom is 0.309 e. The number of anilines is 2. The Hall–Kier alpha value is -3.36. The fourth-order valence-corrected chi connectivity index (χ4v) is 3.58. The molecule has 9 heteroatoms. The summed E-state index contributed by atoms with van der Waals surface area (Å²) in [6.07, 6.45) is 7.39. The molecule has 158 valence electrons. The molecule has 1 aliphatic heterocycles. The van der Waals surface area contributed by atoms with Crippen LogP contribution in [0.25, 0.3) is 5.65 Å².